The van der Waals surface area contributed by atoms with Crippen LogP contribution in [0.25, 0.3) is 0 Å². The van der Waals surface area contributed by atoms with E-state index < -0.39 is 6.04 Å². The van der Waals surface area contributed by atoms with Gasteiger partial charge in [-0.15, -0.1) is 10.2 Å². The molecule has 0 saturated carbocycles. The average molecular weight is 307 g/mol. The van der Waals surface area contributed by atoms with Crippen molar-refractivity contribution in [3.8, 4) is 0 Å². The largest absolute Gasteiger partial charge is 0.355 e. The van der Waals surface area contributed by atoms with Crippen LogP contribution in [0.3, 0.4) is 0 Å². The number of carbonyl (C=O) groups excluding carboxylic acids is 1. The zero-order chi connectivity index (χ0) is 15.9. The summed E-state index contributed by atoms with van der Waals surface area (Å²) in [6, 6.07) is -0.408. The highest BCUT2D eigenvalue weighted by Gasteiger charge is 2.19. The average Bonchev–Trinajstić information content (AvgIpc) is 2.76. The number of aryl methyl sites for hydroxylation is 2. The van der Waals surface area contributed by atoms with Crippen molar-refractivity contribution in [3.63, 3.8) is 0 Å². The van der Waals surface area contributed by atoms with Gasteiger partial charge in [-0.05, 0) is 25.2 Å². The summed E-state index contributed by atoms with van der Waals surface area (Å²) in [5, 5.41) is 11.5. The Morgan fingerprint density at radius 3 is 2.95 bits per heavy atom. The van der Waals surface area contributed by atoms with Gasteiger partial charge in [0.05, 0.1) is 6.04 Å². The van der Waals surface area contributed by atoms with E-state index >= 15 is 0 Å². The molecule has 0 saturated heterocycles. The van der Waals surface area contributed by atoms with Crippen LogP contribution < -0.4 is 11.1 Å². The molecule has 0 fully saturated rings. The SMILES string of the molecule is CCC(C)C(N)C(=O)NCCCc1nnc2n1CCCCC2. The van der Waals surface area contributed by atoms with Gasteiger partial charge in [0.1, 0.15) is 11.6 Å². The summed E-state index contributed by atoms with van der Waals surface area (Å²) < 4.78 is 2.26. The molecule has 0 aromatic carbocycles. The van der Waals surface area contributed by atoms with Crippen LogP contribution >= 0.6 is 0 Å². The number of carbonyl (C=O) groups is 1. The minimum absolute atomic E-state index is 0.0468. The van der Waals surface area contributed by atoms with Crippen LogP contribution in [0.15, 0.2) is 0 Å². The Morgan fingerprint density at radius 1 is 1.36 bits per heavy atom. The monoisotopic (exact) mass is 307 g/mol. The third-order valence-electron chi connectivity index (χ3n) is 4.62. The van der Waals surface area contributed by atoms with E-state index in [1.807, 2.05) is 6.92 Å². The van der Waals surface area contributed by atoms with Gasteiger partial charge in [0, 0.05) is 25.9 Å². The van der Waals surface area contributed by atoms with E-state index in [0.29, 0.717) is 6.54 Å². The normalized spacial score (nSPS) is 17.4. The molecule has 124 valence electrons. The Kier molecular flexibility index (Phi) is 6.36. The number of hydrogen-bond acceptors (Lipinski definition) is 4. The van der Waals surface area contributed by atoms with Crippen molar-refractivity contribution >= 4 is 5.91 Å². The van der Waals surface area contributed by atoms with Gasteiger partial charge in [0.2, 0.25) is 5.91 Å². The molecule has 1 amide bonds. The van der Waals surface area contributed by atoms with Crippen molar-refractivity contribution in [2.45, 2.75) is 71.4 Å². The van der Waals surface area contributed by atoms with E-state index in [4.69, 9.17) is 5.73 Å². The molecule has 0 aliphatic carbocycles. The fourth-order valence-corrected chi connectivity index (χ4v) is 2.82. The number of nitrogens with zero attached hydrogens (tertiary/aromatic N) is 3. The number of nitrogens with two attached hydrogens (primary N) is 1. The van der Waals surface area contributed by atoms with E-state index in [-0.39, 0.29) is 11.8 Å². The molecule has 1 aromatic heterocycles. The molecule has 2 atom stereocenters. The quantitative estimate of drug-likeness (QED) is 0.746. The molecule has 1 aliphatic heterocycles. The Labute approximate surface area is 132 Å². The number of nitrogens with one attached hydrogen (secondary N) is 1. The van der Waals surface area contributed by atoms with Crippen LogP contribution in [0.2, 0.25) is 0 Å². The second-order valence-corrected chi connectivity index (χ2v) is 6.30. The van der Waals surface area contributed by atoms with E-state index in [1.165, 1.54) is 19.3 Å². The van der Waals surface area contributed by atoms with Gasteiger partial charge in [0.25, 0.3) is 0 Å². The zero-order valence-corrected chi connectivity index (χ0v) is 13.8. The fraction of sp³-hybridized carbons (Fsp3) is 0.812. The number of amides is 1. The van der Waals surface area contributed by atoms with Gasteiger partial charge in [-0.1, -0.05) is 26.7 Å². The first-order valence-corrected chi connectivity index (χ1v) is 8.57. The van der Waals surface area contributed by atoms with Crippen molar-refractivity contribution < 1.29 is 4.79 Å². The van der Waals surface area contributed by atoms with Gasteiger partial charge in [-0.25, -0.2) is 0 Å². The van der Waals surface area contributed by atoms with Crippen molar-refractivity contribution in [2.75, 3.05) is 6.54 Å². The first-order valence-electron chi connectivity index (χ1n) is 8.57. The highest BCUT2D eigenvalue weighted by Crippen LogP contribution is 2.15. The predicted molar refractivity (Wildman–Crippen MR) is 86.3 cm³/mol. The first kappa shape index (κ1) is 16.9. The lowest BCUT2D eigenvalue weighted by Gasteiger charge is -2.17. The van der Waals surface area contributed by atoms with Crippen LogP contribution in [-0.4, -0.2) is 33.3 Å². The summed E-state index contributed by atoms with van der Waals surface area (Å²) in [5.41, 5.74) is 5.92. The summed E-state index contributed by atoms with van der Waals surface area (Å²) in [7, 11) is 0. The molecule has 6 nitrogen and oxygen atoms in total. The summed E-state index contributed by atoms with van der Waals surface area (Å²) in [5.74, 6) is 2.34. The number of fused-ring (bicyclic) bond motifs is 1. The number of hydrogen-bond donors (Lipinski definition) is 2. The molecule has 3 N–H and O–H groups in total. The Balaban J connectivity index is 1.75. The van der Waals surface area contributed by atoms with Gasteiger partial charge in [-0.3, -0.25) is 4.79 Å². The molecule has 6 heteroatoms. The van der Waals surface area contributed by atoms with E-state index in [0.717, 1.165) is 43.9 Å². The van der Waals surface area contributed by atoms with E-state index in [1.54, 1.807) is 0 Å². The number of aromatic nitrogens is 3. The first-order chi connectivity index (χ1) is 10.6. The Hall–Kier alpha value is -1.43. The van der Waals surface area contributed by atoms with Crippen LogP contribution in [0.5, 0.6) is 0 Å². The highest BCUT2D eigenvalue weighted by atomic mass is 16.2. The molecule has 2 unspecified atom stereocenters. The van der Waals surface area contributed by atoms with Crippen molar-refractivity contribution in [1.82, 2.24) is 20.1 Å². The predicted octanol–water partition coefficient (Wildman–Crippen LogP) is 1.43. The smallest absolute Gasteiger partial charge is 0.237 e. The molecule has 0 bridgehead atoms. The van der Waals surface area contributed by atoms with Gasteiger partial charge in [-0.2, -0.15) is 0 Å². The van der Waals surface area contributed by atoms with Gasteiger partial charge in [0.15, 0.2) is 0 Å². The maximum absolute atomic E-state index is 11.9. The van der Waals surface area contributed by atoms with Crippen LogP contribution in [-0.2, 0) is 24.2 Å². The highest BCUT2D eigenvalue weighted by molar-refractivity contribution is 5.81. The van der Waals surface area contributed by atoms with Crippen LogP contribution in [0.1, 0.15) is 57.6 Å². The second-order valence-electron chi connectivity index (χ2n) is 6.30. The lowest BCUT2D eigenvalue weighted by Crippen LogP contribution is -2.44. The molecular weight excluding hydrogens is 278 g/mol. The Bertz CT molecular complexity index is 485. The van der Waals surface area contributed by atoms with Crippen molar-refractivity contribution in [1.29, 1.82) is 0 Å². The number of rotatable bonds is 7. The molecular formula is C16H29N5O. The fourth-order valence-electron chi connectivity index (χ4n) is 2.82. The van der Waals surface area contributed by atoms with Gasteiger partial charge >= 0.3 is 0 Å². The topological polar surface area (TPSA) is 85.8 Å². The summed E-state index contributed by atoms with van der Waals surface area (Å²) in [4.78, 5) is 11.9. The molecule has 2 rings (SSSR count). The van der Waals surface area contributed by atoms with Crippen LogP contribution in [0.4, 0.5) is 0 Å². The molecule has 1 aromatic rings. The third kappa shape index (κ3) is 4.29. The maximum Gasteiger partial charge on any atom is 0.237 e. The van der Waals surface area contributed by atoms with Crippen LogP contribution in [0, 0.1) is 5.92 Å². The standard InChI is InChI=1S/C16H29N5O/c1-3-12(2)15(17)16(22)18-10-7-9-14-20-19-13-8-5-4-6-11-21(13)14/h12,15H,3-11,17H2,1-2H3,(H,18,22). The molecule has 22 heavy (non-hydrogen) atoms. The summed E-state index contributed by atoms with van der Waals surface area (Å²) >= 11 is 0. The zero-order valence-electron chi connectivity index (χ0n) is 13.8. The lowest BCUT2D eigenvalue weighted by atomic mass is 9.99. The van der Waals surface area contributed by atoms with E-state index in [9.17, 15) is 4.79 Å². The molecule has 2 heterocycles. The van der Waals surface area contributed by atoms with Gasteiger partial charge < -0.3 is 15.6 Å². The Morgan fingerprint density at radius 2 is 2.18 bits per heavy atom. The molecule has 0 spiro atoms. The third-order valence-corrected chi connectivity index (χ3v) is 4.62. The second kappa shape index (κ2) is 8.27. The summed E-state index contributed by atoms with van der Waals surface area (Å²) in [6.45, 7) is 5.73. The minimum atomic E-state index is -0.408. The summed E-state index contributed by atoms with van der Waals surface area (Å²) in [6.07, 6.45) is 7.36. The molecule has 0 radical (unpaired) electrons. The van der Waals surface area contributed by atoms with Crippen molar-refractivity contribution in [2.24, 2.45) is 11.7 Å². The molecule has 1 aliphatic rings. The van der Waals surface area contributed by atoms with Crippen molar-refractivity contribution in [3.05, 3.63) is 11.6 Å². The minimum Gasteiger partial charge on any atom is -0.355 e. The van der Waals surface area contributed by atoms with E-state index in [2.05, 4.69) is 27.0 Å². The lowest BCUT2D eigenvalue weighted by molar-refractivity contribution is -0.123. The maximum atomic E-state index is 11.9.